The Morgan fingerprint density at radius 2 is 1.55 bits per heavy atom. The van der Waals surface area contributed by atoms with Crippen molar-refractivity contribution in [3.05, 3.63) is 36.2 Å². The van der Waals surface area contributed by atoms with E-state index in [9.17, 15) is 0 Å². The number of hydrogen-bond donors (Lipinski definition) is 0. The van der Waals surface area contributed by atoms with Crippen LogP contribution in [-0.4, -0.2) is 28.2 Å². The van der Waals surface area contributed by atoms with Gasteiger partial charge in [0.05, 0.1) is 6.54 Å². The Balaban J connectivity index is 0.00000242. The predicted octanol–water partition coefficient (Wildman–Crippen LogP) is 0.855. The number of halogens is 1. The summed E-state index contributed by atoms with van der Waals surface area (Å²) in [4.78, 5) is 2.39. The maximum Gasteiger partial charge on any atom is 0.247 e. The largest absolute Gasteiger partial charge is 1.00 e. The molecule has 0 N–H and O–H groups in total. The molecule has 0 unspecified atom stereocenters. The molecule has 5 heteroatoms. The van der Waals surface area contributed by atoms with Gasteiger partial charge in [0.2, 0.25) is 11.8 Å². The molecule has 0 aliphatic heterocycles. The molecule has 22 heavy (non-hydrogen) atoms. The zero-order chi connectivity index (χ0) is 15.2. The van der Waals surface area contributed by atoms with Crippen LogP contribution in [0.15, 0.2) is 34.7 Å². The van der Waals surface area contributed by atoms with Crippen molar-refractivity contribution >= 4 is 0 Å². The second kappa shape index (κ2) is 8.91. The third kappa shape index (κ3) is 5.78. The summed E-state index contributed by atoms with van der Waals surface area (Å²) in [5.74, 6) is 2.54. The van der Waals surface area contributed by atoms with Gasteiger partial charge >= 0.3 is 0 Å². The third-order valence-corrected chi connectivity index (χ3v) is 3.09. The second-order valence-corrected chi connectivity index (χ2v) is 6.35. The van der Waals surface area contributed by atoms with Gasteiger partial charge in [0, 0.05) is 18.7 Å². The van der Waals surface area contributed by atoms with Crippen molar-refractivity contribution in [1.82, 2.24) is 15.1 Å². The molecule has 2 rings (SSSR count). The van der Waals surface area contributed by atoms with Gasteiger partial charge in [-0.3, -0.25) is 4.90 Å². The molecule has 0 saturated carbocycles. The fourth-order valence-electron chi connectivity index (χ4n) is 2.44. The van der Waals surface area contributed by atoms with Crippen LogP contribution >= 0.6 is 0 Å². The van der Waals surface area contributed by atoms with E-state index in [-0.39, 0.29) is 12.4 Å². The van der Waals surface area contributed by atoms with Gasteiger partial charge in [0.1, 0.15) is 0 Å². The summed E-state index contributed by atoms with van der Waals surface area (Å²) in [6.45, 7) is 11.7. The zero-order valence-electron chi connectivity index (χ0n) is 13.8. The molecule has 0 saturated heterocycles. The minimum absolute atomic E-state index is 0. The lowest BCUT2D eigenvalue weighted by atomic mass is 10.1. The summed E-state index contributed by atoms with van der Waals surface area (Å²) in [7, 11) is 0. The van der Waals surface area contributed by atoms with Crippen LogP contribution in [0, 0.1) is 11.8 Å². The predicted molar refractivity (Wildman–Crippen MR) is 84.7 cm³/mol. The molecule has 0 aliphatic rings. The molecule has 1 heterocycles. The van der Waals surface area contributed by atoms with Crippen LogP contribution in [0.5, 0.6) is 0 Å². The molecule has 0 bridgehead atoms. The fraction of sp³-hybridized carbons (Fsp3) is 0.529. The highest BCUT2D eigenvalue weighted by molar-refractivity contribution is 5.51. The number of hydrogen-bond acceptors (Lipinski definition) is 4. The Kier molecular flexibility index (Phi) is 7.56. The molecule has 0 fully saturated rings. The van der Waals surface area contributed by atoms with E-state index in [1.54, 1.807) is 0 Å². The highest BCUT2D eigenvalue weighted by atomic mass is 35.5. The maximum absolute atomic E-state index is 5.80. The van der Waals surface area contributed by atoms with Crippen LogP contribution in [0.1, 0.15) is 33.6 Å². The summed E-state index contributed by atoms with van der Waals surface area (Å²) in [5, 5.41) is 8.34. The third-order valence-electron chi connectivity index (χ3n) is 3.09. The van der Waals surface area contributed by atoms with Gasteiger partial charge in [-0.05, 0) is 24.0 Å². The van der Waals surface area contributed by atoms with Crippen molar-refractivity contribution in [2.75, 3.05) is 13.1 Å². The molecule has 0 atom stereocenters. The van der Waals surface area contributed by atoms with E-state index in [1.807, 2.05) is 30.3 Å². The average Bonchev–Trinajstić information content (AvgIpc) is 2.86. The van der Waals surface area contributed by atoms with Crippen LogP contribution in [0.3, 0.4) is 0 Å². The first kappa shape index (κ1) is 18.7. The first-order valence-electron chi connectivity index (χ1n) is 7.64. The molecular formula is C17H25ClN3O-. The van der Waals surface area contributed by atoms with E-state index in [4.69, 9.17) is 4.42 Å². The lowest BCUT2D eigenvalue weighted by Crippen LogP contribution is -3.00. The van der Waals surface area contributed by atoms with Gasteiger partial charge in [-0.25, -0.2) is 0 Å². The number of nitrogens with zero attached hydrogens (tertiary/aromatic N) is 3. The van der Waals surface area contributed by atoms with E-state index in [0.29, 0.717) is 23.6 Å². The van der Waals surface area contributed by atoms with Crippen molar-refractivity contribution < 1.29 is 16.8 Å². The Hall–Kier alpha value is -1.39. The smallest absolute Gasteiger partial charge is 0.247 e. The Bertz CT molecular complexity index is 530. The van der Waals surface area contributed by atoms with Gasteiger partial charge in [-0.15, -0.1) is 10.2 Å². The first-order valence-corrected chi connectivity index (χ1v) is 7.64. The van der Waals surface area contributed by atoms with E-state index >= 15 is 0 Å². The molecule has 0 radical (unpaired) electrons. The van der Waals surface area contributed by atoms with Gasteiger partial charge in [-0.2, -0.15) is 0 Å². The average molecular weight is 323 g/mol. The monoisotopic (exact) mass is 322 g/mol. The standard InChI is InChI=1S/C17H25N3O.ClH/c1-13(2)10-20(11-14(3)4)12-16-18-19-17(21-16)15-8-6-5-7-9-15;/h5-9,13-14H,10-12H2,1-4H3;1H/p-1. The summed E-state index contributed by atoms with van der Waals surface area (Å²) < 4.78 is 5.80. The van der Waals surface area contributed by atoms with Gasteiger partial charge in [0.15, 0.2) is 0 Å². The molecule has 1 aromatic carbocycles. The number of aromatic nitrogens is 2. The highest BCUT2D eigenvalue weighted by Crippen LogP contribution is 2.18. The first-order chi connectivity index (χ1) is 10.0. The molecule has 0 spiro atoms. The molecule has 2 aromatic rings. The summed E-state index contributed by atoms with van der Waals surface area (Å²) >= 11 is 0. The van der Waals surface area contributed by atoms with Crippen molar-refractivity contribution in [2.45, 2.75) is 34.2 Å². The van der Waals surface area contributed by atoms with Gasteiger partial charge in [0.25, 0.3) is 0 Å². The molecule has 122 valence electrons. The van der Waals surface area contributed by atoms with Crippen LogP contribution in [0.2, 0.25) is 0 Å². The fourth-order valence-corrected chi connectivity index (χ4v) is 2.44. The summed E-state index contributed by atoms with van der Waals surface area (Å²) in [6.07, 6.45) is 0. The van der Waals surface area contributed by atoms with E-state index in [0.717, 1.165) is 25.2 Å². The van der Waals surface area contributed by atoms with Crippen LogP contribution in [0.25, 0.3) is 11.5 Å². The number of benzene rings is 1. The molecule has 0 aliphatic carbocycles. The van der Waals surface area contributed by atoms with Crippen LogP contribution in [0.4, 0.5) is 0 Å². The minimum Gasteiger partial charge on any atom is -1.00 e. The topological polar surface area (TPSA) is 42.2 Å². The minimum atomic E-state index is 0. The Morgan fingerprint density at radius 3 is 2.09 bits per heavy atom. The molecule has 0 amide bonds. The normalized spacial score (nSPS) is 11.2. The second-order valence-electron chi connectivity index (χ2n) is 6.35. The molecular weight excluding hydrogens is 298 g/mol. The zero-order valence-corrected chi connectivity index (χ0v) is 14.5. The molecule has 1 aromatic heterocycles. The maximum atomic E-state index is 5.80. The van der Waals surface area contributed by atoms with E-state index in [2.05, 4.69) is 42.8 Å². The van der Waals surface area contributed by atoms with Gasteiger partial charge < -0.3 is 16.8 Å². The lowest BCUT2D eigenvalue weighted by molar-refractivity contribution is -0.00000586. The Labute approximate surface area is 139 Å². The van der Waals surface area contributed by atoms with Crippen molar-refractivity contribution in [2.24, 2.45) is 11.8 Å². The van der Waals surface area contributed by atoms with Crippen molar-refractivity contribution in [1.29, 1.82) is 0 Å². The van der Waals surface area contributed by atoms with Crippen LogP contribution in [-0.2, 0) is 6.54 Å². The number of rotatable bonds is 7. The summed E-state index contributed by atoms with van der Waals surface area (Å²) in [5.41, 5.74) is 0.968. The summed E-state index contributed by atoms with van der Waals surface area (Å²) in [6, 6.07) is 9.90. The SMILES string of the molecule is CC(C)CN(Cc1nnc(-c2ccccc2)o1)CC(C)C.[Cl-]. The van der Waals surface area contributed by atoms with Crippen LogP contribution < -0.4 is 12.4 Å². The van der Waals surface area contributed by atoms with Gasteiger partial charge in [-0.1, -0.05) is 45.9 Å². The Morgan fingerprint density at radius 1 is 0.955 bits per heavy atom. The lowest BCUT2D eigenvalue weighted by Gasteiger charge is -2.24. The van der Waals surface area contributed by atoms with E-state index in [1.165, 1.54) is 0 Å². The quantitative estimate of drug-likeness (QED) is 0.758. The highest BCUT2D eigenvalue weighted by Gasteiger charge is 2.15. The van der Waals surface area contributed by atoms with Crippen molar-refractivity contribution in [3.8, 4) is 11.5 Å². The molecule has 4 nitrogen and oxygen atoms in total. The van der Waals surface area contributed by atoms with Crippen molar-refractivity contribution in [3.63, 3.8) is 0 Å². The van der Waals surface area contributed by atoms with E-state index < -0.39 is 0 Å².